The van der Waals surface area contributed by atoms with E-state index in [1.165, 1.54) is 0 Å². The number of ketones is 1. The molecule has 78 valence electrons. The van der Waals surface area contributed by atoms with Crippen molar-refractivity contribution in [3.8, 4) is 6.07 Å². The predicted octanol–water partition coefficient (Wildman–Crippen LogP) is 2.93. The van der Waals surface area contributed by atoms with Crippen LogP contribution in [0, 0.1) is 28.6 Å². The maximum Gasteiger partial charge on any atom is 0.132 e. The Bertz CT molecular complexity index is 266. The van der Waals surface area contributed by atoms with Crippen molar-refractivity contribution in [2.45, 2.75) is 46.5 Å². The molecule has 0 bridgehead atoms. The van der Waals surface area contributed by atoms with E-state index in [9.17, 15) is 4.79 Å². The first-order chi connectivity index (χ1) is 6.49. The second-order valence-electron chi connectivity index (χ2n) is 4.98. The van der Waals surface area contributed by atoms with Crippen LogP contribution in [0.25, 0.3) is 0 Å². The average molecular weight is 193 g/mol. The Morgan fingerprint density at radius 2 is 2.21 bits per heavy atom. The zero-order valence-corrected chi connectivity index (χ0v) is 9.34. The molecule has 0 aromatic carbocycles. The minimum Gasteiger partial charge on any atom is -0.300 e. The molecule has 0 amide bonds. The molecule has 0 saturated heterocycles. The average Bonchev–Trinajstić information content (AvgIpc) is 2.10. The van der Waals surface area contributed by atoms with Gasteiger partial charge < -0.3 is 0 Å². The highest BCUT2D eigenvalue weighted by atomic mass is 16.1. The topological polar surface area (TPSA) is 40.9 Å². The molecular formula is C12H19NO. The standard InChI is InChI=1S/C12H19NO/c1-9-4-5-11(10(2)14)8-12(9,3)6-7-13/h9,11H,4-6,8H2,1-3H3/t9-,11+,12+/m0/s1. The zero-order valence-electron chi connectivity index (χ0n) is 9.34. The molecule has 2 nitrogen and oxygen atoms in total. The number of carbonyl (C=O) groups is 1. The molecular weight excluding hydrogens is 174 g/mol. The molecule has 0 spiro atoms. The first-order valence-electron chi connectivity index (χ1n) is 5.37. The highest BCUT2D eigenvalue weighted by molar-refractivity contribution is 5.78. The van der Waals surface area contributed by atoms with Gasteiger partial charge in [0.2, 0.25) is 0 Å². The largest absolute Gasteiger partial charge is 0.300 e. The fourth-order valence-corrected chi connectivity index (χ4v) is 2.44. The monoisotopic (exact) mass is 193 g/mol. The van der Waals surface area contributed by atoms with Gasteiger partial charge in [0.1, 0.15) is 5.78 Å². The lowest BCUT2D eigenvalue weighted by Gasteiger charge is -2.41. The molecule has 1 saturated carbocycles. The van der Waals surface area contributed by atoms with E-state index in [0.717, 1.165) is 19.3 Å². The molecule has 1 aliphatic rings. The highest BCUT2D eigenvalue weighted by Gasteiger charge is 2.38. The number of rotatable bonds is 2. The van der Waals surface area contributed by atoms with Crippen molar-refractivity contribution in [3.63, 3.8) is 0 Å². The van der Waals surface area contributed by atoms with Gasteiger partial charge in [-0.25, -0.2) is 0 Å². The first-order valence-corrected chi connectivity index (χ1v) is 5.37. The van der Waals surface area contributed by atoms with Crippen LogP contribution >= 0.6 is 0 Å². The number of Topliss-reactive ketones (excluding diaryl/α,β-unsaturated/α-hetero) is 1. The summed E-state index contributed by atoms with van der Waals surface area (Å²) < 4.78 is 0. The predicted molar refractivity (Wildman–Crippen MR) is 55.5 cm³/mol. The third-order valence-electron chi connectivity index (χ3n) is 3.91. The second kappa shape index (κ2) is 4.13. The number of carbonyl (C=O) groups excluding carboxylic acids is 1. The lowest BCUT2D eigenvalue weighted by Crippen LogP contribution is -2.35. The van der Waals surface area contributed by atoms with Crippen LogP contribution in [0.3, 0.4) is 0 Å². The molecule has 1 rings (SSSR count). The van der Waals surface area contributed by atoms with Crippen LogP contribution in [0.1, 0.15) is 46.5 Å². The molecule has 0 unspecified atom stereocenters. The molecule has 0 aliphatic heterocycles. The summed E-state index contributed by atoms with van der Waals surface area (Å²) in [6, 6.07) is 2.26. The Balaban J connectivity index is 2.73. The van der Waals surface area contributed by atoms with Gasteiger partial charge in [-0.2, -0.15) is 5.26 Å². The molecule has 0 heterocycles. The SMILES string of the molecule is CC(=O)[C@@H]1CC[C@H](C)[C@](C)(CC#N)C1. The van der Waals surface area contributed by atoms with Gasteiger partial charge in [-0.05, 0) is 37.5 Å². The van der Waals surface area contributed by atoms with E-state index in [0.29, 0.717) is 18.1 Å². The van der Waals surface area contributed by atoms with E-state index >= 15 is 0 Å². The lowest BCUT2D eigenvalue weighted by molar-refractivity contribution is -0.123. The van der Waals surface area contributed by atoms with Crippen molar-refractivity contribution >= 4 is 5.78 Å². The van der Waals surface area contributed by atoms with Gasteiger partial charge in [-0.15, -0.1) is 0 Å². The molecule has 14 heavy (non-hydrogen) atoms. The Kier molecular flexibility index (Phi) is 3.31. The van der Waals surface area contributed by atoms with E-state index in [-0.39, 0.29) is 11.3 Å². The van der Waals surface area contributed by atoms with E-state index in [2.05, 4.69) is 19.9 Å². The van der Waals surface area contributed by atoms with Crippen LogP contribution in [0.2, 0.25) is 0 Å². The van der Waals surface area contributed by atoms with Crippen LogP contribution < -0.4 is 0 Å². The molecule has 0 aromatic rings. The molecule has 1 aliphatic carbocycles. The molecule has 0 N–H and O–H groups in total. The quantitative estimate of drug-likeness (QED) is 0.676. The molecule has 1 fully saturated rings. The Labute approximate surface area is 86.3 Å². The van der Waals surface area contributed by atoms with E-state index in [1.54, 1.807) is 6.92 Å². The van der Waals surface area contributed by atoms with Gasteiger partial charge in [0.05, 0.1) is 6.07 Å². The maximum atomic E-state index is 11.3. The summed E-state index contributed by atoms with van der Waals surface area (Å²) in [5.41, 5.74) is 0.0589. The third kappa shape index (κ3) is 2.15. The normalized spacial score (nSPS) is 37.6. The minimum atomic E-state index is 0.0589. The van der Waals surface area contributed by atoms with Crippen molar-refractivity contribution in [2.75, 3.05) is 0 Å². The summed E-state index contributed by atoms with van der Waals surface area (Å²) in [4.78, 5) is 11.3. The summed E-state index contributed by atoms with van der Waals surface area (Å²) in [6.45, 7) is 6.02. The Morgan fingerprint density at radius 1 is 1.57 bits per heavy atom. The first kappa shape index (κ1) is 11.2. The van der Waals surface area contributed by atoms with Crippen molar-refractivity contribution in [3.05, 3.63) is 0 Å². The Morgan fingerprint density at radius 3 is 2.71 bits per heavy atom. The number of hydrogen-bond acceptors (Lipinski definition) is 2. The fourth-order valence-electron chi connectivity index (χ4n) is 2.44. The van der Waals surface area contributed by atoms with Crippen LogP contribution in [-0.2, 0) is 4.79 Å². The maximum absolute atomic E-state index is 11.3. The highest BCUT2D eigenvalue weighted by Crippen LogP contribution is 2.45. The number of hydrogen-bond donors (Lipinski definition) is 0. The number of nitriles is 1. The van der Waals surface area contributed by atoms with Gasteiger partial charge in [0.15, 0.2) is 0 Å². The van der Waals surface area contributed by atoms with Crippen molar-refractivity contribution < 1.29 is 4.79 Å². The molecule has 2 heteroatoms. The summed E-state index contributed by atoms with van der Waals surface area (Å²) in [5.74, 6) is 1.06. The molecule has 3 atom stereocenters. The lowest BCUT2D eigenvalue weighted by atomic mass is 9.62. The number of nitrogens with zero attached hydrogens (tertiary/aromatic N) is 1. The van der Waals surface area contributed by atoms with Crippen molar-refractivity contribution in [2.24, 2.45) is 17.3 Å². The summed E-state index contributed by atoms with van der Waals surface area (Å²) in [6.07, 6.45) is 3.58. The van der Waals surface area contributed by atoms with Crippen molar-refractivity contribution in [1.29, 1.82) is 5.26 Å². The molecule has 0 radical (unpaired) electrons. The second-order valence-corrected chi connectivity index (χ2v) is 4.98. The van der Waals surface area contributed by atoms with Gasteiger partial charge >= 0.3 is 0 Å². The van der Waals surface area contributed by atoms with E-state index in [1.807, 2.05) is 0 Å². The van der Waals surface area contributed by atoms with Crippen LogP contribution in [0.5, 0.6) is 0 Å². The van der Waals surface area contributed by atoms with Gasteiger partial charge in [-0.3, -0.25) is 4.79 Å². The van der Waals surface area contributed by atoms with E-state index < -0.39 is 0 Å². The van der Waals surface area contributed by atoms with Crippen LogP contribution in [-0.4, -0.2) is 5.78 Å². The minimum absolute atomic E-state index is 0.0589. The van der Waals surface area contributed by atoms with Gasteiger partial charge in [0, 0.05) is 12.3 Å². The molecule has 0 aromatic heterocycles. The summed E-state index contributed by atoms with van der Waals surface area (Å²) in [5, 5.41) is 8.79. The van der Waals surface area contributed by atoms with Crippen molar-refractivity contribution in [1.82, 2.24) is 0 Å². The Hall–Kier alpha value is -0.840. The van der Waals surface area contributed by atoms with Gasteiger partial charge in [-0.1, -0.05) is 13.8 Å². The van der Waals surface area contributed by atoms with Crippen LogP contribution in [0.4, 0.5) is 0 Å². The third-order valence-corrected chi connectivity index (χ3v) is 3.91. The smallest absolute Gasteiger partial charge is 0.132 e. The summed E-state index contributed by atoms with van der Waals surface area (Å²) >= 11 is 0. The fraction of sp³-hybridized carbons (Fsp3) is 0.833. The summed E-state index contributed by atoms with van der Waals surface area (Å²) in [7, 11) is 0. The van der Waals surface area contributed by atoms with Crippen LogP contribution in [0.15, 0.2) is 0 Å². The zero-order chi connectivity index (χ0) is 10.8. The van der Waals surface area contributed by atoms with E-state index in [4.69, 9.17) is 5.26 Å². The van der Waals surface area contributed by atoms with Gasteiger partial charge in [0.25, 0.3) is 0 Å².